The zero-order chi connectivity index (χ0) is 17.4. The Labute approximate surface area is 170 Å². The molecule has 7 heteroatoms. The van der Waals surface area contributed by atoms with Crippen LogP contribution in [-0.4, -0.2) is 85.5 Å². The first kappa shape index (κ1) is 22.5. The molecule has 146 valence electrons. The van der Waals surface area contributed by atoms with Crippen molar-refractivity contribution >= 4 is 35.8 Å². The number of nitrogens with zero attached hydrogens (tertiary/aromatic N) is 4. The molecule has 2 heterocycles. The Morgan fingerprint density at radius 2 is 1.68 bits per heavy atom. The van der Waals surface area contributed by atoms with E-state index in [4.69, 9.17) is 4.99 Å². The number of piperazine rings is 1. The molecule has 0 radical (unpaired) electrons. The maximum atomic E-state index is 11.4. The van der Waals surface area contributed by atoms with Crippen LogP contribution >= 0.6 is 24.0 Å². The van der Waals surface area contributed by atoms with E-state index < -0.39 is 0 Å². The van der Waals surface area contributed by atoms with E-state index in [1.807, 2.05) is 4.90 Å². The van der Waals surface area contributed by atoms with Crippen molar-refractivity contribution in [2.45, 2.75) is 40.0 Å². The number of nitrogens with one attached hydrogen (secondary N) is 1. The van der Waals surface area contributed by atoms with Crippen molar-refractivity contribution in [2.75, 3.05) is 58.9 Å². The summed E-state index contributed by atoms with van der Waals surface area (Å²) in [5, 5.41) is 3.40. The van der Waals surface area contributed by atoms with E-state index in [1.54, 1.807) is 6.92 Å². The highest BCUT2D eigenvalue weighted by molar-refractivity contribution is 14.0. The van der Waals surface area contributed by atoms with Crippen molar-refractivity contribution in [3.63, 3.8) is 0 Å². The van der Waals surface area contributed by atoms with E-state index >= 15 is 0 Å². The molecule has 0 atom stereocenters. The van der Waals surface area contributed by atoms with Crippen LogP contribution in [0.25, 0.3) is 0 Å². The van der Waals surface area contributed by atoms with Crippen LogP contribution in [0.3, 0.4) is 0 Å². The molecule has 0 aliphatic carbocycles. The lowest BCUT2D eigenvalue weighted by Gasteiger charge is -2.36. The Balaban J connectivity index is 0.00000312. The molecule has 1 N–H and O–H groups in total. The Kier molecular flexibility index (Phi) is 10.7. The Morgan fingerprint density at radius 3 is 2.24 bits per heavy atom. The van der Waals surface area contributed by atoms with Crippen molar-refractivity contribution < 1.29 is 4.79 Å². The predicted octanol–water partition coefficient (Wildman–Crippen LogP) is 1.86. The maximum Gasteiger partial charge on any atom is 0.219 e. The summed E-state index contributed by atoms with van der Waals surface area (Å²) in [6.07, 6.45) is 3.80. The molecular formula is C18H36IN5O. The second kappa shape index (κ2) is 11.9. The fourth-order valence-electron chi connectivity index (χ4n) is 3.42. The number of hydrogen-bond acceptors (Lipinski definition) is 3. The third-order valence-corrected chi connectivity index (χ3v) is 5.13. The highest BCUT2D eigenvalue weighted by Gasteiger charge is 2.20. The number of likely N-dealkylation sites (tertiary alicyclic amines) is 1. The Hall–Kier alpha value is -0.570. The van der Waals surface area contributed by atoms with Gasteiger partial charge < -0.3 is 20.0 Å². The molecule has 0 saturated carbocycles. The van der Waals surface area contributed by atoms with E-state index in [1.165, 1.54) is 25.9 Å². The van der Waals surface area contributed by atoms with Crippen molar-refractivity contribution in [3.8, 4) is 0 Å². The van der Waals surface area contributed by atoms with Gasteiger partial charge in [0.05, 0.1) is 0 Å². The van der Waals surface area contributed by atoms with Gasteiger partial charge in [0.1, 0.15) is 0 Å². The summed E-state index contributed by atoms with van der Waals surface area (Å²) in [5.41, 5.74) is 0. The number of aliphatic imine (C=N–C) groups is 1. The van der Waals surface area contributed by atoms with Crippen molar-refractivity contribution in [3.05, 3.63) is 0 Å². The highest BCUT2D eigenvalue weighted by Crippen LogP contribution is 2.15. The zero-order valence-corrected chi connectivity index (χ0v) is 18.5. The van der Waals surface area contributed by atoms with Gasteiger partial charge in [-0.05, 0) is 51.7 Å². The molecule has 2 rings (SSSR count). The minimum Gasteiger partial charge on any atom is -0.357 e. The molecule has 6 nitrogen and oxygen atoms in total. The molecule has 0 unspecified atom stereocenters. The molecule has 0 aromatic rings. The second-order valence-corrected chi connectivity index (χ2v) is 7.11. The molecule has 0 aromatic heterocycles. The molecule has 0 bridgehead atoms. The van der Waals surface area contributed by atoms with Crippen LogP contribution in [0.1, 0.15) is 40.0 Å². The van der Waals surface area contributed by atoms with E-state index in [-0.39, 0.29) is 29.9 Å². The van der Waals surface area contributed by atoms with E-state index in [2.05, 4.69) is 29.0 Å². The van der Waals surface area contributed by atoms with Gasteiger partial charge in [-0.1, -0.05) is 6.92 Å². The van der Waals surface area contributed by atoms with E-state index in [9.17, 15) is 4.79 Å². The van der Waals surface area contributed by atoms with Crippen LogP contribution in [0, 0.1) is 5.92 Å². The summed E-state index contributed by atoms with van der Waals surface area (Å²) >= 11 is 0. The van der Waals surface area contributed by atoms with Gasteiger partial charge in [-0.2, -0.15) is 0 Å². The number of piperidine rings is 1. The van der Waals surface area contributed by atoms with Gasteiger partial charge in [0.15, 0.2) is 5.96 Å². The van der Waals surface area contributed by atoms with Crippen molar-refractivity contribution in [1.82, 2.24) is 20.0 Å². The molecule has 2 saturated heterocycles. The number of carbonyl (C=O) groups is 1. The first-order chi connectivity index (χ1) is 11.6. The number of hydrogen-bond donors (Lipinski definition) is 1. The second-order valence-electron chi connectivity index (χ2n) is 7.11. The quantitative estimate of drug-likeness (QED) is 0.292. The largest absolute Gasteiger partial charge is 0.357 e. The molecule has 1 amide bonds. The number of halogens is 1. The number of amides is 1. The third kappa shape index (κ3) is 7.68. The van der Waals surface area contributed by atoms with E-state index in [0.29, 0.717) is 0 Å². The molecule has 0 aromatic carbocycles. The Bertz CT molecular complexity index is 416. The van der Waals surface area contributed by atoms with Crippen LogP contribution in [0.4, 0.5) is 0 Å². The molecule has 2 aliphatic rings. The molecular weight excluding hydrogens is 429 g/mol. The fourth-order valence-corrected chi connectivity index (χ4v) is 3.42. The minimum atomic E-state index is 0. The smallest absolute Gasteiger partial charge is 0.219 e. The lowest BCUT2D eigenvalue weighted by Crippen LogP contribution is -2.53. The summed E-state index contributed by atoms with van der Waals surface area (Å²) in [7, 11) is 0. The van der Waals surface area contributed by atoms with E-state index in [0.717, 1.165) is 64.1 Å². The minimum absolute atomic E-state index is 0. The average molecular weight is 465 g/mol. The van der Waals surface area contributed by atoms with Gasteiger partial charge >= 0.3 is 0 Å². The van der Waals surface area contributed by atoms with Crippen molar-refractivity contribution in [1.29, 1.82) is 0 Å². The third-order valence-electron chi connectivity index (χ3n) is 5.13. The average Bonchev–Trinajstić information content (AvgIpc) is 2.59. The van der Waals surface area contributed by atoms with Crippen LogP contribution < -0.4 is 5.32 Å². The Morgan fingerprint density at radius 1 is 1.08 bits per heavy atom. The molecule has 2 fully saturated rings. The van der Waals surface area contributed by atoms with Gasteiger partial charge in [0.25, 0.3) is 0 Å². The topological polar surface area (TPSA) is 51.2 Å². The molecule has 25 heavy (non-hydrogen) atoms. The van der Waals surface area contributed by atoms with Gasteiger partial charge in [0.2, 0.25) is 5.91 Å². The van der Waals surface area contributed by atoms with Gasteiger partial charge in [-0.25, -0.2) is 0 Å². The summed E-state index contributed by atoms with van der Waals surface area (Å²) in [6, 6.07) is 0. The standard InChI is InChI=1S/C18H35N5O.HI/c1-4-19-18(23-14-12-22(13-15-23)17(3)24)20-8-5-9-21-10-6-16(2)7-11-21;/h16H,4-15H2,1-3H3,(H,19,20);1H. The van der Waals surface area contributed by atoms with Crippen LogP contribution in [0.15, 0.2) is 4.99 Å². The first-order valence-corrected chi connectivity index (χ1v) is 9.61. The fraction of sp³-hybridized carbons (Fsp3) is 0.889. The van der Waals surface area contributed by atoms with Gasteiger partial charge in [0, 0.05) is 46.2 Å². The summed E-state index contributed by atoms with van der Waals surface area (Å²) in [4.78, 5) is 23.0. The summed E-state index contributed by atoms with van der Waals surface area (Å²) < 4.78 is 0. The first-order valence-electron chi connectivity index (χ1n) is 9.61. The summed E-state index contributed by atoms with van der Waals surface area (Å²) in [6.45, 7) is 14.9. The lowest BCUT2D eigenvalue weighted by atomic mass is 9.99. The molecule has 0 spiro atoms. The van der Waals surface area contributed by atoms with Gasteiger partial charge in [-0.15, -0.1) is 24.0 Å². The van der Waals surface area contributed by atoms with Crippen LogP contribution in [0.2, 0.25) is 0 Å². The maximum absolute atomic E-state index is 11.4. The molecule has 2 aliphatic heterocycles. The number of carbonyl (C=O) groups excluding carboxylic acids is 1. The monoisotopic (exact) mass is 465 g/mol. The predicted molar refractivity (Wildman–Crippen MR) is 115 cm³/mol. The van der Waals surface area contributed by atoms with Crippen LogP contribution in [0.5, 0.6) is 0 Å². The number of guanidine groups is 1. The van der Waals surface area contributed by atoms with Crippen molar-refractivity contribution in [2.24, 2.45) is 10.9 Å². The number of rotatable bonds is 5. The normalized spacial score (nSPS) is 20.4. The SMILES string of the molecule is CCNC(=NCCCN1CCC(C)CC1)N1CCN(C(C)=O)CC1.I. The van der Waals surface area contributed by atoms with Crippen LogP contribution in [-0.2, 0) is 4.79 Å². The van der Waals surface area contributed by atoms with Gasteiger partial charge in [-0.3, -0.25) is 9.79 Å². The zero-order valence-electron chi connectivity index (χ0n) is 16.2. The summed E-state index contributed by atoms with van der Waals surface area (Å²) in [5.74, 6) is 2.08. The lowest BCUT2D eigenvalue weighted by molar-refractivity contribution is -0.130. The highest BCUT2D eigenvalue weighted by atomic mass is 127.